The van der Waals surface area contributed by atoms with Crippen molar-refractivity contribution in [1.29, 1.82) is 0 Å². The number of hydrogen-bond donors (Lipinski definition) is 4. The summed E-state index contributed by atoms with van der Waals surface area (Å²) < 4.78 is 58.9. The van der Waals surface area contributed by atoms with Crippen LogP contribution >= 0.6 is 0 Å². The number of nitrogens with two attached hydrogens (primary N) is 1. The number of quaternary nitrogens is 2. The van der Waals surface area contributed by atoms with Crippen molar-refractivity contribution in [1.82, 2.24) is 12.3 Å². The summed E-state index contributed by atoms with van der Waals surface area (Å²) in [5.74, 6) is 3.50. The van der Waals surface area contributed by atoms with Crippen LogP contribution in [-0.4, -0.2) is 5.21 Å². The van der Waals surface area contributed by atoms with Crippen molar-refractivity contribution in [3.05, 3.63) is 0 Å². The fourth-order valence-corrected chi connectivity index (χ4v) is 1.74. The molecule has 0 spiro atoms. The molecule has 0 unspecified atom stereocenters. The molecule has 0 saturated heterocycles. The van der Waals surface area contributed by atoms with Gasteiger partial charge in [0.1, 0.15) is 0 Å². The summed E-state index contributed by atoms with van der Waals surface area (Å²) in [5, 5.41) is 6.50. The van der Waals surface area contributed by atoms with E-state index < -0.39 is 27.2 Å². The van der Waals surface area contributed by atoms with Crippen LogP contribution in [0.2, 0.25) is 0 Å². The third-order valence-corrected chi connectivity index (χ3v) is 2.83. The fraction of sp³-hybridized carbons (Fsp3) is 0. The van der Waals surface area contributed by atoms with Crippen molar-refractivity contribution in [3.63, 3.8) is 0 Å². The molecule has 0 aromatic heterocycles. The minimum atomic E-state index is -6.07. The van der Waals surface area contributed by atoms with Crippen LogP contribution in [0.25, 0.3) is 0 Å². The topological polar surface area (TPSA) is 243 Å². The van der Waals surface area contributed by atoms with E-state index in [-0.39, 0.29) is 12.3 Å². The van der Waals surface area contributed by atoms with Crippen molar-refractivity contribution in [2.24, 2.45) is 5.90 Å². The Morgan fingerprint density at radius 2 is 1.08 bits per heavy atom. The van der Waals surface area contributed by atoms with E-state index in [2.05, 4.69) is 8.74 Å². The second kappa shape index (κ2) is 8.58. The van der Waals surface area contributed by atoms with Crippen molar-refractivity contribution >= 4 is 0 Å². The van der Waals surface area contributed by atoms with Crippen LogP contribution in [0.5, 0.6) is 0 Å². The van der Waals surface area contributed by atoms with Gasteiger partial charge in [0, 0.05) is 0 Å². The first-order valence-corrected chi connectivity index (χ1v) is 5.76. The second-order valence-electron chi connectivity index (χ2n) is 0.885. The predicted octanol–water partition coefficient (Wildman–Crippen LogP) is -2.84. The molecule has 0 aliphatic heterocycles. The second-order valence-corrected chi connectivity index (χ2v) is 4.52. The van der Waals surface area contributed by atoms with Crippen molar-refractivity contribution in [2.45, 2.75) is 0 Å². The molecule has 0 aliphatic rings. The Hall–Kier alpha value is -0.0151. The Labute approximate surface area is 77.4 Å². The molecule has 0 aliphatic carbocycles. The monoisotopic (exact) mass is 285 g/mol. The molecule has 0 radical (unpaired) electrons. The van der Waals surface area contributed by atoms with E-state index in [1.165, 1.54) is 0 Å². The molecule has 0 aromatic carbocycles. The van der Waals surface area contributed by atoms with E-state index in [4.69, 9.17) is 5.21 Å². The van der Waals surface area contributed by atoms with Crippen LogP contribution in [0, 0.1) is 0 Å². The Bertz CT molecular complexity index is 243. The van der Waals surface area contributed by atoms with E-state index in [1.807, 2.05) is 0 Å². The van der Waals surface area contributed by atoms with Gasteiger partial charge in [0.25, 0.3) is 0 Å². The van der Waals surface area contributed by atoms with Gasteiger partial charge in [0.2, 0.25) is 0 Å². The van der Waals surface area contributed by atoms with Crippen LogP contribution in [0.3, 0.4) is 0 Å². The molecule has 0 heterocycles. The first kappa shape index (κ1) is 23.1. The molecule has 0 aromatic rings. The third-order valence-electron chi connectivity index (χ3n) is 0.167. The van der Waals surface area contributed by atoms with Crippen molar-refractivity contribution in [2.75, 3.05) is 0 Å². The first-order chi connectivity index (χ1) is 4.71. The van der Waals surface area contributed by atoms with Crippen LogP contribution in [0.15, 0.2) is 0 Å². The van der Waals surface area contributed by atoms with E-state index in [0.29, 0.717) is 0 Å². The molecule has 11 nitrogen and oxygen atoms in total. The van der Waals surface area contributed by atoms with Crippen molar-refractivity contribution < 1.29 is 58.8 Å². The van der Waals surface area contributed by atoms with Gasteiger partial charge in [-0.05, 0) is 0 Å². The summed E-state index contributed by atoms with van der Waals surface area (Å²) in [4.78, 5) is 0. The molecule has 13 heavy (non-hydrogen) atoms. The van der Waals surface area contributed by atoms with Crippen molar-refractivity contribution in [3.8, 4) is 0 Å². The molecular formula is H11Cr2N3O8. The van der Waals surface area contributed by atoms with Gasteiger partial charge in [-0.15, -0.1) is 0 Å². The molecule has 0 saturated carbocycles. The zero-order valence-electron chi connectivity index (χ0n) is 6.70. The average molecular weight is 285 g/mol. The molecule has 0 fully saturated rings. The van der Waals surface area contributed by atoms with E-state index in [9.17, 15) is 23.5 Å². The van der Waals surface area contributed by atoms with Gasteiger partial charge in [-0.3, -0.25) is 0 Å². The van der Waals surface area contributed by atoms with E-state index >= 15 is 0 Å². The Morgan fingerprint density at radius 3 is 1.08 bits per heavy atom. The number of hydrogen-bond acceptors (Lipinski definition) is 9. The Kier molecular flexibility index (Phi) is 15.2. The Balaban J connectivity index is -0.0000000941. The summed E-state index contributed by atoms with van der Waals surface area (Å²) in [7, 11) is 0. The molecule has 11 N–H and O–H groups in total. The van der Waals surface area contributed by atoms with Gasteiger partial charge < -0.3 is 17.5 Å². The summed E-state index contributed by atoms with van der Waals surface area (Å²) in [6.45, 7) is 0. The van der Waals surface area contributed by atoms with Gasteiger partial charge in [-0.25, -0.2) is 5.90 Å². The maximum atomic E-state index is 9.38. The van der Waals surface area contributed by atoms with Crippen LogP contribution in [-0.2, 0) is 45.3 Å². The molecule has 0 bridgehead atoms. The standard InChI is InChI=1S/2Cr.H3NO.2H3N.7O/c;;1-2;;;;;;;;;/h;;2H,1H2;2*1H3;;;;;;;/q;;;;;;;;;;2*-1/p+2. The van der Waals surface area contributed by atoms with Gasteiger partial charge >= 0.3 is 53.6 Å². The maximum absolute atomic E-state index is 9.38. The SMILES string of the molecule is NO.[NH4+].[NH4+].[O]=[Cr](=[O])([O-])[O][Cr](=[O])(=[O])[O-]. The molecule has 86 valence electrons. The third kappa shape index (κ3) is 33.4. The van der Waals surface area contributed by atoms with Gasteiger partial charge in [-0.1, -0.05) is 0 Å². The summed E-state index contributed by atoms with van der Waals surface area (Å²) >= 11 is -12.1. The Morgan fingerprint density at radius 1 is 0.923 bits per heavy atom. The quantitative estimate of drug-likeness (QED) is 0.381. The molecule has 0 rings (SSSR count). The summed E-state index contributed by atoms with van der Waals surface area (Å²) in [6, 6.07) is 0. The van der Waals surface area contributed by atoms with E-state index in [1.54, 1.807) is 0 Å². The van der Waals surface area contributed by atoms with Crippen LogP contribution < -0.4 is 26.5 Å². The zero-order valence-corrected chi connectivity index (χ0v) is 9.25. The molecule has 0 atom stereocenters. The van der Waals surface area contributed by atoms with Gasteiger partial charge in [-0.2, -0.15) is 0 Å². The number of rotatable bonds is 2. The van der Waals surface area contributed by atoms with Crippen LogP contribution in [0.4, 0.5) is 0 Å². The normalized spacial score (nSPS) is 9.85. The molecule has 0 amide bonds. The fourth-order valence-electron chi connectivity index (χ4n) is 0.102. The van der Waals surface area contributed by atoms with Gasteiger partial charge in [0.15, 0.2) is 0 Å². The summed E-state index contributed by atoms with van der Waals surface area (Å²) in [5.41, 5.74) is 0. The van der Waals surface area contributed by atoms with E-state index in [0.717, 1.165) is 0 Å². The first-order valence-electron chi connectivity index (χ1n) is 1.59. The van der Waals surface area contributed by atoms with Crippen LogP contribution in [0.1, 0.15) is 0 Å². The minimum absolute atomic E-state index is 0. The predicted molar refractivity (Wildman–Crippen MR) is 21.8 cm³/mol. The summed E-state index contributed by atoms with van der Waals surface area (Å²) in [6.07, 6.45) is 0. The molecular weight excluding hydrogens is 274 g/mol. The zero-order chi connectivity index (χ0) is 9.71. The average Bonchev–Trinajstić information content (AvgIpc) is 1.60. The molecule has 13 heteroatoms. The van der Waals surface area contributed by atoms with Gasteiger partial charge in [0.05, 0.1) is 0 Å².